The minimum Gasteiger partial charge on any atom is -0.311 e. The number of sulfonamides is 1. The number of hydrogen-bond acceptors (Lipinski definition) is 4. The normalized spacial score (nSPS) is 25.2. The van der Waals surface area contributed by atoms with Gasteiger partial charge in [-0.2, -0.15) is 0 Å². The van der Waals surface area contributed by atoms with E-state index in [9.17, 15) is 13.2 Å². The second kappa shape index (κ2) is 6.95. The van der Waals surface area contributed by atoms with Crippen molar-refractivity contribution in [3.05, 3.63) is 65.7 Å². The number of carbonyl (C=O) groups excluding carboxylic acids is 1. The van der Waals surface area contributed by atoms with Crippen LogP contribution in [-0.2, 0) is 10.0 Å². The van der Waals surface area contributed by atoms with Gasteiger partial charge in [0, 0.05) is 29.3 Å². The van der Waals surface area contributed by atoms with E-state index in [1.54, 1.807) is 42.5 Å². The van der Waals surface area contributed by atoms with Crippen LogP contribution >= 0.6 is 0 Å². The van der Waals surface area contributed by atoms with Gasteiger partial charge in [0.1, 0.15) is 0 Å². The van der Waals surface area contributed by atoms with Crippen LogP contribution in [-0.4, -0.2) is 32.3 Å². The average molecular weight is 370 g/mol. The number of nitrogens with one attached hydrogen (secondary N) is 2. The Morgan fingerprint density at radius 2 is 1.54 bits per heavy atom. The fourth-order valence-electron chi connectivity index (χ4n) is 4.07. The molecule has 0 radical (unpaired) electrons. The van der Waals surface area contributed by atoms with E-state index in [-0.39, 0.29) is 22.3 Å². The van der Waals surface area contributed by atoms with Crippen LogP contribution < -0.4 is 10.0 Å². The predicted octanol–water partition coefficient (Wildman–Crippen LogP) is 2.48. The average Bonchev–Trinajstić information content (AvgIpc) is 3.00. The standard InChI is InChI=1S/C20H22N2O3S/c23-20(14-6-2-1-3-7-14)18-8-4-5-9-19(18)26(24,25)22-17-12-15-10-11-16(13-17)21-15/h1-9,15-17,21-22H,10-13H2. The maximum absolute atomic E-state index is 13.0. The molecule has 0 aromatic heterocycles. The lowest BCUT2D eigenvalue weighted by molar-refractivity contribution is 0.103. The van der Waals surface area contributed by atoms with Crippen LogP contribution in [0.5, 0.6) is 0 Å². The third-order valence-electron chi connectivity index (χ3n) is 5.25. The molecular weight excluding hydrogens is 348 g/mol. The van der Waals surface area contributed by atoms with E-state index in [0.29, 0.717) is 17.6 Å². The summed E-state index contributed by atoms with van der Waals surface area (Å²) < 4.78 is 28.9. The van der Waals surface area contributed by atoms with Crippen LogP contribution in [0.2, 0.25) is 0 Å². The second-order valence-electron chi connectivity index (χ2n) is 7.12. The summed E-state index contributed by atoms with van der Waals surface area (Å²) in [5.74, 6) is -0.281. The SMILES string of the molecule is O=C(c1ccccc1)c1ccccc1S(=O)(=O)NC1CC2CCC(C1)N2. The summed E-state index contributed by atoms with van der Waals surface area (Å²) in [7, 11) is -3.76. The van der Waals surface area contributed by atoms with Gasteiger partial charge in [0.2, 0.25) is 10.0 Å². The van der Waals surface area contributed by atoms with Gasteiger partial charge in [0.25, 0.3) is 0 Å². The molecule has 2 bridgehead atoms. The fourth-order valence-corrected chi connectivity index (χ4v) is 5.54. The van der Waals surface area contributed by atoms with Crippen molar-refractivity contribution in [1.29, 1.82) is 0 Å². The summed E-state index contributed by atoms with van der Waals surface area (Å²) in [5.41, 5.74) is 0.693. The summed E-state index contributed by atoms with van der Waals surface area (Å²) in [6.45, 7) is 0. The molecule has 2 saturated heterocycles. The summed E-state index contributed by atoms with van der Waals surface area (Å²) in [6.07, 6.45) is 3.80. The van der Waals surface area contributed by atoms with E-state index in [1.165, 1.54) is 6.07 Å². The van der Waals surface area contributed by atoms with E-state index in [0.717, 1.165) is 25.7 Å². The largest absolute Gasteiger partial charge is 0.311 e. The number of carbonyl (C=O) groups is 1. The molecule has 136 valence electrons. The van der Waals surface area contributed by atoms with Crippen LogP contribution in [0.3, 0.4) is 0 Å². The van der Waals surface area contributed by atoms with Gasteiger partial charge in [-0.15, -0.1) is 0 Å². The van der Waals surface area contributed by atoms with Gasteiger partial charge in [-0.25, -0.2) is 13.1 Å². The van der Waals surface area contributed by atoms with Gasteiger partial charge in [0.15, 0.2) is 5.78 Å². The zero-order valence-corrected chi connectivity index (χ0v) is 15.2. The number of ketones is 1. The van der Waals surface area contributed by atoms with Crippen molar-refractivity contribution in [2.24, 2.45) is 0 Å². The van der Waals surface area contributed by atoms with Crippen molar-refractivity contribution >= 4 is 15.8 Å². The van der Waals surface area contributed by atoms with Gasteiger partial charge in [-0.1, -0.05) is 42.5 Å². The maximum atomic E-state index is 13.0. The molecule has 6 heteroatoms. The van der Waals surface area contributed by atoms with E-state index >= 15 is 0 Å². The Hall–Kier alpha value is -2.02. The lowest BCUT2D eigenvalue weighted by Crippen LogP contribution is -2.48. The summed E-state index contributed by atoms with van der Waals surface area (Å²) >= 11 is 0. The number of benzene rings is 2. The van der Waals surface area contributed by atoms with Crippen molar-refractivity contribution in [3.8, 4) is 0 Å². The molecule has 2 heterocycles. The highest BCUT2D eigenvalue weighted by Gasteiger charge is 2.36. The van der Waals surface area contributed by atoms with Gasteiger partial charge in [0.05, 0.1) is 4.90 Å². The highest BCUT2D eigenvalue weighted by atomic mass is 32.2. The van der Waals surface area contributed by atoms with Crippen LogP contribution in [0.25, 0.3) is 0 Å². The van der Waals surface area contributed by atoms with Crippen LogP contribution in [0.4, 0.5) is 0 Å². The van der Waals surface area contributed by atoms with E-state index < -0.39 is 10.0 Å². The molecule has 2 N–H and O–H groups in total. The molecule has 2 aliphatic rings. The molecule has 0 saturated carbocycles. The van der Waals surface area contributed by atoms with Crippen LogP contribution in [0, 0.1) is 0 Å². The quantitative estimate of drug-likeness (QED) is 0.793. The Balaban J connectivity index is 1.62. The minimum atomic E-state index is -3.76. The smallest absolute Gasteiger partial charge is 0.241 e. The van der Waals surface area contributed by atoms with Crippen molar-refractivity contribution in [1.82, 2.24) is 10.0 Å². The van der Waals surface area contributed by atoms with Gasteiger partial charge >= 0.3 is 0 Å². The van der Waals surface area contributed by atoms with Crippen molar-refractivity contribution < 1.29 is 13.2 Å². The first-order valence-electron chi connectivity index (χ1n) is 9.00. The van der Waals surface area contributed by atoms with Gasteiger partial charge < -0.3 is 5.32 Å². The number of fused-ring (bicyclic) bond motifs is 2. The molecule has 2 aliphatic heterocycles. The zero-order valence-electron chi connectivity index (χ0n) is 14.4. The minimum absolute atomic E-state index is 0.0553. The second-order valence-corrected chi connectivity index (χ2v) is 8.80. The van der Waals surface area contributed by atoms with Crippen molar-refractivity contribution in [2.45, 2.75) is 48.7 Å². The Kier molecular flexibility index (Phi) is 4.65. The molecular formula is C20H22N2O3S. The first-order valence-corrected chi connectivity index (χ1v) is 10.5. The third-order valence-corrected chi connectivity index (χ3v) is 6.83. The summed E-state index contributed by atoms with van der Waals surface area (Å²) in [6, 6.07) is 15.9. The molecule has 2 aromatic carbocycles. The Morgan fingerprint density at radius 1 is 0.923 bits per heavy atom. The molecule has 26 heavy (non-hydrogen) atoms. The summed E-state index contributed by atoms with van der Waals surface area (Å²) in [5, 5.41) is 3.51. The number of piperidine rings is 1. The Morgan fingerprint density at radius 3 is 2.23 bits per heavy atom. The van der Waals surface area contributed by atoms with Crippen molar-refractivity contribution in [2.75, 3.05) is 0 Å². The molecule has 0 spiro atoms. The summed E-state index contributed by atoms with van der Waals surface area (Å²) in [4.78, 5) is 12.9. The van der Waals surface area contributed by atoms with Gasteiger partial charge in [-0.05, 0) is 37.8 Å². The zero-order chi connectivity index (χ0) is 18.1. The molecule has 0 amide bonds. The monoisotopic (exact) mass is 370 g/mol. The number of rotatable bonds is 5. The number of hydrogen-bond donors (Lipinski definition) is 2. The Bertz CT molecular complexity index is 900. The first kappa shape index (κ1) is 17.4. The molecule has 2 aromatic rings. The van der Waals surface area contributed by atoms with E-state index in [2.05, 4.69) is 10.0 Å². The van der Waals surface area contributed by atoms with Gasteiger partial charge in [-0.3, -0.25) is 4.79 Å². The highest BCUT2D eigenvalue weighted by Crippen LogP contribution is 2.28. The fraction of sp³-hybridized carbons (Fsp3) is 0.350. The molecule has 4 rings (SSSR count). The molecule has 2 atom stereocenters. The molecule has 2 fully saturated rings. The molecule has 2 unspecified atom stereocenters. The lowest BCUT2D eigenvalue weighted by atomic mass is 10.0. The van der Waals surface area contributed by atoms with E-state index in [1.807, 2.05) is 6.07 Å². The molecule has 0 aliphatic carbocycles. The predicted molar refractivity (Wildman–Crippen MR) is 99.6 cm³/mol. The molecule has 5 nitrogen and oxygen atoms in total. The third kappa shape index (κ3) is 3.45. The van der Waals surface area contributed by atoms with Crippen molar-refractivity contribution in [3.63, 3.8) is 0 Å². The lowest BCUT2D eigenvalue weighted by Gasteiger charge is -2.29. The van der Waals surface area contributed by atoms with E-state index in [4.69, 9.17) is 0 Å². The topological polar surface area (TPSA) is 75.3 Å². The van der Waals surface area contributed by atoms with Crippen LogP contribution in [0.15, 0.2) is 59.5 Å². The highest BCUT2D eigenvalue weighted by molar-refractivity contribution is 7.89. The maximum Gasteiger partial charge on any atom is 0.241 e. The Labute approximate surface area is 153 Å². The first-order chi connectivity index (χ1) is 12.5. The van der Waals surface area contributed by atoms with Crippen LogP contribution in [0.1, 0.15) is 41.6 Å².